The molecule has 0 amide bonds. The first kappa shape index (κ1) is 18.2. The summed E-state index contributed by atoms with van der Waals surface area (Å²) in [7, 11) is 0. The van der Waals surface area contributed by atoms with E-state index in [1.807, 2.05) is 0 Å². The lowest BCUT2D eigenvalue weighted by Gasteiger charge is -2.45. The van der Waals surface area contributed by atoms with E-state index in [0.717, 1.165) is 0 Å². The molecule has 0 aliphatic carbocycles. The number of carboxylic acid groups (broad SMARTS) is 1. The number of carbonyl (C=O) groups is 1. The Balaban J connectivity index is 2.73. The highest BCUT2D eigenvalue weighted by atomic mass is 16.7. The monoisotopic (exact) mass is 348 g/mol. The average molecular weight is 348 g/mol. The largest absolute Gasteiger partial charge is 0.504 e. The van der Waals surface area contributed by atoms with Gasteiger partial charge in [-0.05, 0) is 6.07 Å². The standard InChI is InChI=1S/C13H16O11/c14-2-5-8(17)10(19)11(20)13(23,24-5)6-3(12(21)22)1-4(15)7(16)9(6)18/h1,5,8,10-11,14-20,23H,2H2,(H,21,22). The van der Waals surface area contributed by atoms with Crippen molar-refractivity contribution in [2.45, 2.75) is 30.2 Å². The zero-order chi connectivity index (χ0) is 18.4. The Labute approximate surface area is 133 Å². The van der Waals surface area contributed by atoms with E-state index in [4.69, 9.17) is 14.9 Å². The Bertz CT molecular complexity index is 658. The van der Waals surface area contributed by atoms with Gasteiger partial charge in [0, 0.05) is 0 Å². The van der Waals surface area contributed by atoms with Crippen molar-refractivity contribution in [2.75, 3.05) is 6.61 Å². The van der Waals surface area contributed by atoms with Gasteiger partial charge in [0.2, 0.25) is 11.5 Å². The highest BCUT2D eigenvalue weighted by Gasteiger charge is 2.56. The van der Waals surface area contributed by atoms with Crippen LogP contribution in [-0.2, 0) is 10.5 Å². The van der Waals surface area contributed by atoms with Crippen molar-refractivity contribution in [3.63, 3.8) is 0 Å². The molecule has 1 saturated heterocycles. The molecule has 11 nitrogen and oxygen atoms in total. The maximum Gasteiger partial charge on any atom is 0.336 e. The molecule has 0 saturated carbocycles. The number of benzene rings is 1. The van der Waals surface area contributed by atoms with Crippen LogP contribution in [0.4, 0.5) is 0 Å². The molecule has 24 heavy (non-hydrogen) atoms. The Morgan fingerprint density at radius 1 is 1.12 bits per heavy atom. The Kier molecular flexibility index (Phi) is 4.59. The van der Waals surface area contributed by atoms with Crippen molar-refractivity contribution in [1.82, 2.24) is 0 Å². The molecular formula is C13H16O11. The number of phenolic OH excluding ortho intramolecular Hbond substituents is 3. The zero-order valence-electron chi connectivity index (χ0n) is 11.9. The number of rotatable bonds is 3. The van der Waals surface area contributed by atoms with Crippen LogP contribution in [0.2, 0.25) is 0 Å². The number of aromatic carboxylic acids is 1. The molecule has 1 fully saturated rings. The van der Waals surface area contributed by atoms with Gasteiger partial charge >= 0.3 is 5.97 Å². The topological polar surface area (TPSA) is 208 Å². The number of hydrogen-bond donors (Lipinski definition) is 9. The van der Waals surface area contributed by atoms with Gasteiger partial charge in [-0.2, -0.15) is 0 Å². The van der Waals surface area contributed by atoms with Gasteiger partial charge in [-0.15, -0.1) is 0 Å². The van der Waals surface area contributed by atoms with E-state index in [1.165, 1.54) is 0 Å². The van der Waals surface area contributed by atoms with Crippen LogP contribution in [0.15, 0.2) is 6.07 Å². The first-order valence-electron chi connectivity index (χ1n) is 6.63. The summed E-state index contributed by atoms with van der Waals surface area (Å²) in [5.41, 5.74) is -2.02. The van der Waals surface area contributed by atoms with Crippen LogP contribution in [0, 0.1) is 0 Å². The summed E-state index contributed by atoms with van der Waals surface area (Å²) in [4.78, 5) is 11.3. The van der Waals surface area contributed by atoms with Gasteiger partial charge in [-0.25, -0.2) is 4.79 Å². The summed E-state index contributed by atoms with van der Waals surface area (Å²) < 4.78 is 4.90. The number of phenols is 3. The third-order valence-corrected chi connectivity index (χ3v) is 3.81. The molecule has 0 radical (unpaired) electrons. The van der Waals surface area contributed by atoms with E-state index in [1.54, 1.807) is 0 Å². The summed E-state index contributed by atoms with van der Waals surface area (Å²) in [6.07, 6.45) is -7.92. The van der Waals surface area contributed by atoms with Crippen molar-refractivity contribution >= 4 is 5.97 Å². The van der Waals surface area contributed by atoms with Gasteiger partial charge < -0.3 is 50.7 Å². The summed E-state index contributed by atoms with van der Waals surface area (Å²) in [6, 6.07) is 0.478. The van der Waals surface area contributed by atoms with Crippen LogP contribution in [0.5, 0.6) is 17.2 Å². The number of aliphatic hydroxyl groups is 5. The lowest BCUT2D eigenvalue weighted by Crippen LogP contribution is -2.63. The summed E-state index contributed by atoms with van der Waals surface area (Å²) in [5.74, 6) is -8.45. The molecule has 1 aliphatic rings. The van der Waals surface area contributed by atoms with Gasteiger partial charge in [0.1, 0.15) is 24.4 Å². The normalized spacial score (nSPS) is 33.4. The summed E-state index contributed by atoms with van der Waals surface area (Å²) in [5, 5.41) is 87.2. The maximum absolute atomic E-state index is 11.3. The van der Waals surface area contributed by atoms with Gasteiger partial charge in [-0.3, -0.25) is 0 Å². The molecule has 2 rings (SSSR count). The van der Waals surface area contributed by atoms with E-state index < -0.39 is 71.2 Å². The minimum atomic E-state index is -3.12. The number of hydrogen-bond acceptors (Lipinski definition) is 10. The minimum absolute atomic E-state index is 0.478. The predicted molar refractivity (Wildman–Crippen MR) is 72.3 cm³/mol. The van der Waals surface area contributed by atoms with Crippen LogP contribution in [-0.4, -0.2) is 83.0 Å². The second kappa shape index (κ2) is 6.05. The maximum atomic E-state index is 11.3. The third kappa shape index (κ3) is 2.53. The number of aliphatic hydroxyl groups excluding tert-OH is 4. The second-order valence-electron chi connectivity index (χ2n) is 5.28. The molecule has 5 atom stereocenters. The summed E-state index contributed by atoms with van der Waals surface area (Å²) in [6.45, 7) is -0.930. The lowest BCUT2D eigenvalue weighted by atomic mass is 9.85. The molecule has 0 aromatic heterocycles. The first-order chi connectivity index (χ1) is 11.1. The molecule has 1 aromatic rings. The molecule has 9 N–H and O–H groups in total. The predicted octanol–water partition coefficient (Wildman–Crippen LogP) is -2.88. The summed E-state index contributed by atoms with van der Waals surface area (Å²) >= 11 is 0. The van der Waals surface area contributed by atoms with Crippen molar-refractivity contribution < 1.29 is 55.5 Å². The van der Waals surface area contributed by atoms with Crippen molar-refractivity contribution in [3.05, 3.63) is 17.2 Å². The fourth-order valence-corrected chi connectivity index (χ4v) is 2.54. The van der Waals surface area contributed by atoms with Crippen molar-refractivity contribution in [2.24, 2.45) is 0 Å². The van der Waals surface area contributed by atoms with Crippen LogP contribution in [0.25, 0.3) is 0 Å². The molecule has 0 spiro atoms. The van der Waals surface area contributed by atoms with E-state index in [-0.39, 0.29) is 0 Å². The van der Waals surface area contributed by atoms with Gasteiger partial charge in [0.05, 0.1) is 17.7 Å². The number of carboxylic acids is 1. The highest BCUT2D eigenvalue weighted by Crippen LogP contribution is 2.48. The average Bonchev–Trinajstić information content (AvgIpc) is 2.53. The molecule has 1 aliphatic heterocycles. The van der Waals surface area contributed by atoms with Crippen LogP contribution < -0.4 is 0 Å². The SMILES string of the molecule is O=C(O)c1cc(O)c(O)c(O)c1C1(O)OC(CO)C(O)C(O)C1O. The fraction of sp³-hybridized carbons (Fsp3) is 0.462. The zero-order valence-corrected chi connectivity index (χ0v) is 11.9. The molecule has 5 unspecified atom stereocenters. The quantitative estimate of drug-likeness (QED) is 0.253. The number of ether oxygens (including phenoxy) is 1. The molecule has 1 heterocycles. The first-order valence-corrected chi connectivity index (χ1v) is 6.63. The van der Waals surface area contributed by atoms with E-state index >= 15 is 0 Å². The minimum Gasteiger partial charge on any atom is -0.504 e. The van der Waals surface area contributed by atoms with Gasteiger partial charge in [0.25, 0.3) is 0 Å². The molecular weight excluding hydrogens is 332 g/mol. The Morgan fingerprint density at radius 2 is 1.71 bits per heavy atom. The molecule has 11 heteroatoms. The van der Waals surface area contributed by atoms with Crippen molar-refractivity contribution in [3.8, 4) is 17.2 Å². The highest BCUT2D eigenvalue weighted by molar-refractivity contribution is 5.92. The van der Waals surface area contributed by atoms with Gasteiger partial charge in [-0.1, -0.05) is 0 Å². The van der Waals surface area contributed by atoms with E-state index in [2.05, 4.69) is 0 Å². The number of aromatic hydroxyl groups is 3. The second-order valence-corrected chi connectivity index (χ2v) is 5.28. The van der Waals surface area contributed by atoms with Gasteiger partial charge in [0.15, 0.2) is 11.5 Å². The van der Waals surface area contributed by atoms with Crippen LogP contribution in [0.3, 0.4) is 0 Å². The van der Waals surface area contributed by atoms with Crippen molar-refractivity contribution in [1.29, 1.82) is 0 Å². The Hall–Kier alpha value is -2.15. The Morgan fingerprint density at radius 3 is 2.21 bits per heavy atom. The fourth-order valence-electron chi connectivity index (χ4n) is 2.54. The smallest absolute Gasteiger partial charge is 0.336 e. The lowest BCUT2D eigenvalue weighted by molar-refractivity contribution is -0.358. The molecule has 1 aromatic carbocycles. The molecule has 0 bridgehead atoms. The van der Waals surface area contributed by atoms with Crippen LogP contribution in [0.1, 0.15) is 15.9 Å². The van der Waals surface area contributed by atoms with Crippen LogP contribution >= 0.6 is 0 Å². The molecule has 134 valence electrons. The van der Waals surface area contributed by atoms with E-state index in [0.29, 0.717) is 6.07 Å². The van der Waals surface area contributed by atoms with E-state index in [9.17, 15) is 40.5 Å². The third-order valence-electron chi connectivity index (χ3n) is 3.81.